The minimum Gasteiger partial charge on any atom is -0.493 e. The lowest BCUT2D eigenvalue weighted by atomic mass is 9.99. The van der Waals surface area contributed by atoms with Crippen LogP contribution in [0.15, 0.2) is 42.5 Å². The van der Waals surface area contributed by atoms with E-state index >= 15 is 0 Å². The number of carbonyl (C=O) groups excluding carboxylic acids is 1. The minimum absolute atomic E-state index is 0.0160. The Bertz CT molecular complexity index is 720. The highest BCUT2D eigenvalue weighted by atomic mass is 16.5. The van der Waals surface area contributed by atoms with Gasteiger partial charge < -0.3 is 19.1 Å². The Morgan fingerprint density at radius 3 is 2.20 bits per heavy atom. The van der Waals surface area contributed by atoms with Crippen LogP contribution in [0.3, 0.4) is 0 Å². The van der Waals surface area contributed by atoms with Crippen molar-refractivity contribution in [3.8, 4) is 17.2 Å². The van der Waals surface area contributed by atoms with Gasteiger partial charge >= 0.3 is 0 Å². The Morgan fingerprint density at radius 1 is 1.00 bits per heavy atom. The summed E-state index contributed by atoms with van der Waals surface area (Å²) in [5, 5.41) is 0. The summed E-state index contributed by atoms with van der Waals surface area (Å²) in [6, 6.07) is 13.8. The number of nitrogens with zero attached hydrogens (tertiary/aromatic N) is 1. The highest BCUT2D eigenvalue weighted by Crippen LogP contribution is 2.39. The van der Waals surface area contributed by atoms with Gasteiger partial charge in [-0.25, -0.2) is 0 Å². The van der Waals surface area contributed by atoms with E-state index in [1.54, 1.807) is 33.5 Å². The van der Waals surface area contributed by atoms with Gasteiger partial charge in [-0.2, -0.15) is 0 Å². The summed E-state index contributed by atoms with van der Waals surface area (Å²) in [7, 11) is 4.65. The predicted molar refractivity (Wildman–Crippen MR) is 95.8 cm³/mol. The molecule has 1 saturated heterocycles. The molecule has 1 aliphatic rings. The maximum Gasteiger partial charge on any atom is 0.254 e. The van der Waals surface area contributed by atoms with Gasteiger partial charge in [-0.1, -0.05) is 30.3 Å². The van der Waals surface area contributed by atoms with Crippen LogP contribution in [0, 0.1) is 0 Å². The highest BCUT2D eigenvalue weighted by molar-refractivity contribution is 5.96. The first-order valence-corrected chi connectivity index (χ1v) is 8.32. The summed E-state index contributed by atoms with van der Waals surface area (Å²) in [5.41, 5.74) is 1.82. The fourth-order valence-electron chi connectivity index (χ4n) is 3.33. The second-order valence-electron chi connectivity index (χ2n) is 6.06. The molecular weight excluding hydrogens is 318 g/mol. The van der Waals surface area contributed by atoms with Crippen molar-refractivity contribution in [3.63, 3.8) is 0 Å². The zero-order valence-electron chi connectivity index (χ0n) is 14.8. The second-order valence-corrected chi connectivity index (χ2v) is 6.06. The zero-order chi connectivity index (χ0) is 17.8. The summed E-state index contributed by atoms with van der Waals surface area (Å²) in [5.74, 6) is 1.84. The van der Waals surface area contributed by atoms with Gasteiger partial charge in [0.15, 0.2) is 11.5 Å². The Labute approximate surface area is 148 Å². The van der Waals surface area contributed by atoms with Crippen LogP contribution in [-0.2, 0) is 0 Å². The van der Waals surface area contributed by atoms with Gasteiger partial charge in [0, 0.05) is 24.6 Å². The van der Waals surface area contributed by atoms with E-state index in [1.807, 2.05) is 23.1 Å². The number of hydrogen-bond donors (Lipinski definition) is 0. The Hall–Kier alpha value is -2.69. The Balaban J connectivity index is 1.82. The van der Waals surface area contributed by atoms with Crippen LogP contribution in [0.4, 0.5) is 0 Å². The SMILES string of the molecule is COc1cc(C(=O)N2CCC(c3ccccc3)C2)cc(OC)c1OC. The van der Waals surface area contributed by atoms with Gasteiger partial charge in [-0.15, -0.1) is 0 Å². The first kappa shape index (κ1) is 17.1. The maximum absolute atomic E-state index is 12.9. The lowest BCUT2D eigenvalue weighted by Gasteiger charge is -2.19. The largest absolute Gasteiger partial charge is 0.493 e. The summed E-state index contributed by atoms with van der Waals surface area (Å²) in [6.07, 6.45) is 0.972. The summed E-state index contributed by atoms with van der Waals surface area (Å²) in [6.45, 7) is 1.47. The number of likely N-dealkylation sites (tertiary alicyclic amines) is 1. The molecule has 1 unspecified atom stereocenters. The third kappa shape index (κ3) is 3.40. The molecule has 1 atom stereocenters. The van der Waals surface area contributed by atoms with Gasteiger partial charge in [0.2, 0.25) is 5.75 Å². The van der Waals surface area contributed by atoms with E-state index in [2.05, 4.69) is 12.1 Å². The smallest absolute Gasteiger partial charge is 0.254 e. The standard InChI is InChI=1S/C20H23NO4/c1-23-17-11-16(12-18(24-2)19(17)25-3)20(22)21-10-9-15(13-21)14-7-5-4-6-8-14/h4-8,11-12,15H,9-10,13H2,1-3H3. The van der Waals surface area contributed by atoms with Gasteiger partial charge in [-0.3, -0.25) is 4.79 Å². The van der Waals surface area contributed by atoms with Crippen molar-refractivity contribution in [3.05, 3.63) is 53.6 Å². The molecule has 1 aliphatic heterocycles. The van der Waals surface area contributed by atoms with Gasteiger partial charge in [0.05, 0.1) is 21.3 Å². The summed E-state index contributed by atoms with van der Waals surface area (Å²) >= 11 is 0. The molecule has 1 heterocycles. The molecule has 2 aromatic rings. The Kier molecular flexibility index (Phi) is 5.12. The molecule has 132 valence electrons. The molecule has 3 rings (SSSR count). The van der Waals surface area contributed by atoms with E-state index in [-0.39, 0.29) is 5.91 Å². The molecule has 0 aromatic heterocycles. The molecule has 5 nitrogen and oxygen atoms in total. The van der Waals surface area contributed by atoms with E-state index in [0.717, 1.165) is 19.5 Å². The molecule has 0 aliphatic carbocycles. The quantitative estimate of drug-likeness (QED) is 0.837. The van der Waals surface area contributed by atoms with Crippen LogP contribution in [0.25, 0.3) is 0 Å². The third-order valence-electron chi connectivity index (χ3n) is 4.66. The number of methoxy groups -OCH3 is 3. The van der Waals surface area contributed by atoms with Crippen LogP contribution in [0.5, 0.6) is 17.2 Å². The van der Waals surface area contributed by atoms with Crippen molar-refractivity contribution in [2.24, 2.45) is 0 Å². The predicted octanol–water partition coefficient (Wildman–Crippen LogP) is 3.34. The number of rotatable bonds is 5. The molecule has 1 fully saturated rings. The molecule has 0 N–H and O–H groups in total. The van der Waals surface area contributed by atoms with Crippen LogP contribution < -0.4 is 14.2 Å². The lowest BCUT2D eigenvalue weighted by Crippen LogP contribution is -2.28. The average molecular weight is 341 g/mol. The molecule has 25 heavy (non-hydrogen) atoms. The van der Waals surface area contributed by atoms with Crippen LogP contribution >= 0.6 is 0 Å². The first-order valence-electron chi connectivity index (χ1n) is 8.32. The van der Waals surface area contributed by atoms with Crippen LogP contribution in [0.2, 0.25) is 0 Å². The second kappa shape index (κ2) is 7.47. The van der Waals surface area contributed by atoms with Gasteiger partial charge in [0.25, 0.3) is 5.91 Å². The van der Waals surface area contributed by atoms with Crippen molar-refractivity contribution < 1.29 is 19.0 Å². The number of amides is 1. The normalized spacial score (nSPS) is 16.6. The van der Waals surface area contributed by atoms with Crippen molar-refractivity contribution in [1.82, 2.24) is 4.90 Å². The molecule has 0 saturated carbocycles. The fourth-order valence-corrected chi connectivity index (χ4v) is 3.33. The van der Waals surface area contributed by atoms with E-state index < -0.39 is 0 Å². The Morgan fingerprint density at radius 2 is 1.64 bits per heavy atom. The number of benzene rings is 2. The van der Waals surface area contributed by atoms with E-state index in [1.165, 1.54) is 5.56 Å². The third-order valence-corrected chi connectivity index (χ3v) is 4.66. The molecule has 0 radical (unpaired) electrons. The summed E-state index contributed by atoms with van der Waals surface area (Å²) < 4.78 is 16.0. The van der Waals surface area contributed by atoms with Crippen molar-refractivity contribution in [2.45, 2.75) is 12.3 Å². The number of carbonyl (C=O) groups is 1. The minimum atomic E-state index is -0.0160. The molecule has 0 bridgehead atoms. The molecular formula is C20H23NO4. The maximum atomic E-state index is 12.9. The topological polar surface area (TPSA) is 48.0 Å². The summed E-state index contributed by atoms with van der Waals surface area (Å²) in [4.78, 5) is 14.8. The lowest BCUT2D eigenvalue weighted by molar-refractivity contribution is 0.0790. The molecule has 5 heteroatoms. The monoisotopic (exact) mass is 341 g/mol. The molecule has 0 spiro atoms. The van der Waals surface area contributed by atoms with E-state index in [4.69, 9.17) is 14.2 Å². The number of ether oxygens (including phenoxy) is 3. The van der Waals surface area contributed by atoms with Gasteiger partial charge in [-0.05, 0) is 24.1 Å². The van der Waals surface area contributed by atoms with Crippen LogP contribution in [-0.4, -0.2) is 45.2 Å². The van der Waals surface area contributed by atoms with Crippen LogP contribution in [0.1, 0.15) is 28.3 Å². The molecule has 1 amide bonds. The van der Waals surface area contributed by atoms with Crippen molar-refractivity contribution in [2.75, 3.05) is 34.4 Å². The fraction of sp³-hybridized carbons (Fsp3) is 0.350. The zero-order valence-corrected chi connectivity index (χ0v) is 14.8. The highest BCUT2D eigenvalue weighted by Gasteiger charge is 2.29. The van der Waals surface area contributed by atoms with Crippen molar-refractivity contribution in [1.29, 1.82) is 0 Å². The van der Waals surface area contributed by atoms with Gasteiger partial charge in [0.1, 0.15) is 0 Å². The van der Waals surface area contributed by atoms with Crippen molar-refractivity contribution >= 4 is 5.91 Å². The molecule has 2 aromatic carbocycles. The van der Waals surface area contributed by atoms with E-state index in [0.29, 0.717) is 28.7 Å². The average Bonchev–Trinajstić information content (AvgIpc) is 3.17. The van der Waals surface area contributed by atoms with E-state index in [9.17, 15) is 4.79 Å². The number of hydrogen-bond acceptors (Lipinski definition) is 4. The first-order chi connectivity index (χ1) is 12.2.